The third-order valence-electron chi connectivity index (χ3n) is 3.28. The summed E-state index contributed by atoms with van der Waals surface area (Å²) < 4.78 is 39.4. The van der Waals surface area contributed by atoms with Gasteiger partial charge in [-0.2, -0.15) is 13.2 Å². The van der Waals surface area contributed by atoms with Crippen LogP contribution in [-0.2, 0) is 6.18 Å². The number of anilines is 1. The van der Waals surface area contributed by atoms with E-state index in [0.29, 0.717) is 0 Å². The van der Waals surface area contributed by atoms with Crippen LogP contribution in [0, 0.1) is 0 Å². The van der Waals surface area contributed by atoms with Crippen molar-refractivity contribution in [3.63, 3.8) is 0 Å². The van der Waals surface area contributed by atoms with Gasteiger partial charge in [0.2, 0.25) is 0 Å². The van der Waals surface area contributed by atoms with E-state index < -0.39 is 34.8 Å². The molecular formula is C18H17ClF3N3O2. The normalized spacial score (nSPS) is 11.8. The molecule has 5 nitrogen and oxygen atoms in total. The van der Waals surface area contributed by atoms with Crippen LogP contribution < -0.4 is 10.6 Å². The summed E-state index contributed by atoms with van der Waals surface area (Å²) in [6.07, 6.45) is -3.46. The fraction of sp³-hybridized carbons (Fsp3) is 0.278. The molecule has 0 aliphatic carbocycles. The Labute approximate surface area is 158 Å². The molecule has 0 bridgehead atoms. The van der Waals surface area contributed by atoms with Crippen LogP contribution in [0.15, 0.2) is 36.5 Å². The fourth-order valence-corrected chi connectivity index (χ4v) is 2.33. The summed E-state index contributed by atoms with van der Waals surface area (Å²) in [6, 6.07) is 5.62. The first-order chi connectivity index (χ1) is 12.4. The van der Waals surface area contributed by atoms with Crippen molar-refractivity contribution < 1.29 is 22.8 Å². The number of alkyl halides is 3. The maximum Gasteiger partial charge on any atom is 0.418 e. The Morgan fingerprint density at radius 1 is 1.04 bits per heavy atom. The number of amides is 2. The fourth-order valence-electron chi connectivity index (χ4n) is 2.16. The van der Waals surface area contributed by atoms with Crippen LogP contribution in [0.5, 0.6) is 0 Å². The second-order valence-corrected chi connectivity index (χ2v) is 7.21. The summed E-state index contributed by atoms with van der Waals surface area (Å²) in [6.45, 7) is 5.37. The van der Waals surface area contributed by atoms with Crippen LogP contribution >= 0.6 is 11.6 Å². The second kappa shape index (κ2) is 7.56. The van der Waals surface area contributed by atoms with Crippen LogP contribution in [-0.4, -0.2) is 22.3 Å². The highest BCUT2D eigenvalue weighted by Gasteiger charge is 2.34. The summed E-state index contributed by atoms with van der Waals surface area (Å²) >= 11 is 5.62. The lowest BCUT2D eigenvalue weighted by atomic mass is 10.1. The van der Waals surface area contributed by atoms with Gasteiger partial charge in [-0.15, -0.1) is 0 Å². The van der Waals surface area contributed by atoms with Crippen molar-refractivity contribution in [2.45, 2.75) is 32.5 Å². The van der Waals surface area contributed by atoms with Gasteiger partial charge in [-0.25, -0.2) is 0 Å². The van der Waals surface area contributed by atoms with E-state index in [0.717, 1.165) is 12.1 Å². The highest BCUT2D eigenvalue weighted by atomic mass is 35.5. The van der Waals surface area contributed by atoms with E-state index in [1.165, 1.54) is 24.4 Å². The maximum absolute atomic E-state index is 13.1. The molecule has 27 heavy (non-hydrogen) atoms. The van der Waals surface area contributed by atoms with Crippen molar-refractivity contribution in [2.75, 3.05) is 5.32 Å². The molecule has 1 heterocycles. The molecule has 9 heteroatoms. The molecule has 2 rings (SSSR count). The van der Waals surface area contributed by atoms with E-state index in [1.54, 1.807) is 20.8 Å². The molecule has 0 radical (unpaired) electrons. The standard InChI is InChI=1S/C18H17ClF3N3O2/c1-17(2,3)25-15(26)10-6-7-23-14(8-10)16(27)24-13-5-4-11(19)9-12(13)18(20,21)22/h4-9H,1-3H3,(H,24,27)(H,25,26). The first kappa shape index (κ1) is 20.7. The third-order valence-corrected chi connectivity index (χ3v) is 3.51. The van der Waals surface area contributed by atoms with E-state index in [2.05, 4.69) is 15.6 Å². The minimum Gasteiger partial charge on any atom is -0.347 e. The number of halogens is 4. The molecule has 2 amide bonds. The van der Waals surface area contributed by atoms with Gasteiger partial charge in [-0.1, -0.05) is 11.6 Å². The lowest BCUT2D eigenvalue weighted by molar-refractivity contribution is -0.136. The molecular weight excluding hydrogens is 383 g/mol. The first-order valence-electron chi connectivity index (χ1n) is 7.83. The van der Waals surface area contributed by atoms with Crippen molar-refractivity contribution >= 4 is 29.1 Å². The Balaban J connectivity index is 2.28. The summed E-state index contributed by atoms with van der Waals surface area (Å²) in [5.74, 6) is -1.31. The highest BCUT2D eigenvalue weighted by Crippen LogP contribution is 2.36. The molecule has 0 spiro atoms. The molecule has 144 valence electrons. The smallest absolute Gasteiger partial charge is 0.347 e. The lowest BCUT2D eigenvalue weighted by Gasteiger charge is -2.20. The number of aromatic nitrogens is 1. The largest absolute Gasteiger partial charge is 0.418 e. The zero-order valence-electron chi connectivity index (χ0n) is 14.7. The van der Waals surface area contributed by atoms with Gasteiger partial charge in [0, 0.05) is 22.3 Å². The number of nitrogens with one attached hydrogen (secondary N) is 2. The molecule has 0 atom stereocenters. The summed E-state index contributed by atoms with van der Waals surface area (Å²) in [4.78, 5) is 28.3. The second-order valence-electron chi connectivity index (χ2n) is 6.78. The molecule has 2 N–H and O–H groups in total. The molecule has 0 saturated heterocycles. The number of carbonyl (C=O) groups is 2. The zero-order chi connectivity index (χ0) is 20.4. The van der Waals surface area contributed by atoms with Gasteiger partial charge in [0.25, 0.3) is 11.8 Å². The quantitative estimate of drug-likeness (QED) is 0.796. The molecule has 1 aromatic heterocycles. The first-order valence-corrected chi connectivity index (χ1v) is 8.21. The van der Waals surface area contributed by atoms with E-state index >= 15 is 0 Å². The number of rotatable bonds is 3. The lowest BCUT2D eigenvalue weighted by Crippen LogP contribution is -2.40. The Hall–Kier alpha value is -2.61. The van der Waals surface area contributed by atoms with Gasteiger partial charge in [0.1, 0.15) is 5.69 Å². The molecule has 0 aliphatic heterocycles. The Morgan fingerprint density at radius 3 is 2.30 bits per heavy atom. The maximum atomic E-state index is 13.1. The Bertz CT molecular complexity index is 877. The summed E-state index contributed by atoms with van der Waals surface area (Å²) in [7, 11) is 0. The Kier molecular flexibility index (Phi) is 5.79. The topological polar surface area (TPSA) is 71.1 Å². The van der Waals surface area contributed by atoms with Gasteiger partial charge in [-0.05, 0) is 51.1 Å². The number of hydrogen-bond donors (Lipinski definition) is 2. The van der Waals surface area contributed by atoms with Crippen molar-refractivity contribution in [2.24, 2.45) is 0 Å². The van der Waals surface area contributed by atoms with E-state index in [1.807, 2.05) is 0 Å². The van der Waals surface area contributed by atoms with Gasteiger partial charge < -0.3 is 10.6 Å². The van der Waals surface area contributed by atoms with E-state index in [4.69, 9.17) is 11.6 Å². The minimum absolute atomic E-state index is 0.112. The van der Waals surface area contributed by atoms with Crippen molar-refractivity contribution in [1.82, 2.24) is 10.3 Å². The molecule has 1 aromatic carbocycles. The molecule has 0 unspecified atom stereocenters. The number of nitrogens with zero attached hydrogens (tertiary/aromatic N) is 1. The average molecular weight is 400 g/mol. The molecule has 2 aromatic rings. The van der Waals surface area contributed by atoms with Crippen LogP contribution in [0.2, 0.25) is 5.02 Å². The number of carbonyl (C=O) groups excluding carboxylic acids is 2. The monoisotopic (exact) mass is 399 g/mol. The van der Waals surface area contributed by atoms with Crippen LogP contribution in [0.25, 0.3) is 0 Å². The predicted octanol–water partition coefficient (Wildman–Crippen LogP) is 4.53. The van der Waals surface area contributed by atoms with E-state index in [9.17, 15) is 22.8 Å². The highest BCUT2D eigenvalue weighted by molar-refractivity contribution is 6.30. The minimum atomic E-state index is -4.70. The van der Waals surface area contributed by atoms with Gasteiger partial charge in [0.15, 0.2) is 0 Å². The van der Waals surface area contributed by atoms with Crippen molar-refractivity contribution in [3.8, 4) is 0 Å². The van der Waals surface area contributed by atoms with Crippen molar-refractivity contribution in [1.29, 1.82) is 0 Å². The van der Waals surface area contributed by atoms with Gasteiger partial charge in [-0.3, -0.25) is 14.6 Å². The van der Waals surface area contributed by atoms with Crippen LogP contribution in [0.3, 0.4) is 0 Å². The molecule has 0 saturated carbocycles. The molecule has 0 aliphatic rings. The number of hydrogen-bond acceptors (Lipinski definition) is 3. The van der Waals surface area contributed by atoms with Gasteiger partial charge in [0.05, 0.1) is 11.3 Å². The van der Waals surface area contributed by atoms with Crippen LogP contribution in [0.1, 0.15) is 47.2 Å². The van der Waals surface area contributed by atoms with Gasteiger partial charge >= 0.3 is 6.18 Å². The predicted molar refractivity (Wildman–Crippen MR) is 95.9 cm³/mol. The third kappa shape index (κ3) is 5.68. The summed E-state index contributed by atoms with van der Waals surface area (Å²) in [5.41, 5.74) is -2.06. The average Bonchev–Trinajstić information content (AvgIpc) is 2.54. The molecule has 0 fully saturated rings. The number of benzene rings is 1. The van der Waals surface area contributed by atoms with Crippen LogP contribution in [0.4, 0.5) is 18.9 Å². The van der Waals surface area contributed by atoms with E-state index in [-0.39, 0.29) is 16.3 Å². The zero-order valence-corrected chi connectivity index (χ0v) is 15.5. The SMILES string of the molecule is CC(C)(C)NC(=O)c1ccnc(C(=O)Nc2ccc(Cl)cc2C(F)(F)F)c1. The van der Waals surface area contributed by atoms with Crippen molar-refractivity contribution in [3.05, 3.63) is 58.4 Å². The Morgan fingerprint density at radius 2 is 1.70 bits per heavy atom. The summed E-state index contributed by atoms with van der Waals surface area (Å²) in [5, 5.41) is 4.78. The number of pyridine rings is 1.